The average molecular weight is 396 g/mol. The summed E-state index contributed by atoms with van der Waals surface area (Å²) in [6, 6.07) is 12.1. The Bertz CT molecular complexity index is 745. The third-order valence-corrected chi connectivity index (χ3v) is 5.06. The van der Waals surface area contributed by atoms with Crippen LogP contribution in [0.5, 0.6) is 11.5 Å². The summed E-state index contributed by atoms with van der Waals surface area (Å²) in [5.74, 6) is 1.64. The minimum atomic E-state index is 0.819. The lowest BCUT2D eigenvalue weighted by Gasteiger charge is -2.15. The lowest BCUT2D eigenvalue weighted by atomic mass is 10.0. The number of fused-ring (bicyclic) bond motifs is 2. The summed E-state index contributed by atoms with van der Waals surface area (Å²) in [5.41, 5.74) is 0. The second kappa shape index (κ2) is 5.26. The molecular formula is C16H12Br2O2. The van der Waals surface area contributed by atoms with Crippen molar-refractivity contribution in [3.05, 3.63) is 45.3 Å². The van der Waals surface area contributed by atoms with E-state index in [1.807, 2.05) is 24.3 Å². The van der Waals surface area contributed by atoms with Crippen LogP contribution in [0.15, 0.2) is 45.3 Å². The van der Waals surface area contributed by atoms with Crippen LogP contribution in [0.3, 0.4) is 0 Å². The maximum Gasteiger partial charge on any atom is 0.128 e. The highest BCUT2D eigenvalue weighted by atomic mass is 79.9. The number of benzene rings is 3. The summed E-state index contributed by atoms with van der Waals surface area (Å²) in [5, 5.41) is 4.30. The summed E-state index contributed by atoms with van der Waals surface area (Å²) >= 11 is 7.43. The van der Waals surface area contributed by atoms with E-state index < -0.39 is 0 Å². The largest absolute Gasteiger partial charge is 0.496 e. The Hall–Kier alpha value is -1.26. The van der Waals surface area contributed by atoms with Crippen molar-refractivity contribution in [1.29, 1.82) is 0 Å². The van der Waals surface area contributed by atoms with Crippen LogP contribution in [0.25, 0.3) is 21.5 Å². The van der Waals surface area contributed by atoms with Crippen molar-refractivity contribution in [1.82, 2.24) is 0 Å². The fourth-order valence-corrected chi connectivity index (χ4v) is 3.95. The molecule has 0 heterocycles. The molecular weight excluding hydrogens is 384 g/mol. The minimum absolute atomic E-state index is 0.819. The van der Waals surface area contributed by atoms with Crippen LogP contribution in [0, 0.1) is 0 Å². The predicted molar refractivity (Wildman–Crippen MR) is 90.0 cm³/mol. The van der Waals surface area contributed by atoms with Crippen LogP contribution >= 0.6 is 31.9 Å². The zero-order valence-corrected chi connectivity index (χ0v) is 14.2. The molecule has 0 fully saturated rings. The van der Waals surface area contributed by atoms with E-state index in [2.05, 4.69) is 44.0 Å². The maximum atomic E-state index is 5.51. The number of rotatable bonds is 2. The van der Waals surface area contributed by atoms with Crippen molar-refractivity contribution >= 4 is 53.4 Å². The van der Waals surface area contributed by atoms with Gasteiger partial charge in [-0.05, 0) is 54.8 Å². The highest BCUT2D eigenvalue weighted by molar-refractivity contribution is 9.11. The van der Waals surface area contributed by atoms with Gasteiger partial charge in [-0.2, -0.15) is 0 Å². The molecule has 20 heavy (non-hydrogen) atoms. The molecule has 0 aliphatic carbocycles. The molecule has 3 aromatic rings. The second-order valence-corrected chi connectivity index (χ2v) is 5.98. The number of methoxy groups -OCH3 is 2. The summed E-state index contributed by atoms with van der Waals surface area (Å²) < 4.78 is 13.0. The Morgan fingerprint density at radius 2 is 1.10 bits per heavy atom. The predicted octanol–water partition coefficient (Wildman–Crippen LogP) is 5.54. The zero-order valence-electron chi connectivity index (χ0n) is 11.0. The summed E-state index contributed by atoms with van der Waals surface area (Å²) in [4.78, 5) is 0. The summed E-state index contributed by atoms with van der Waals surface area (Å²) in [6.07, 6.45) is 0. The van der Waals surface area contributed by atoms with E-state index in [-0.39, 0.29) is 0 Å². The van der Waals surface area contributed by atoms with E-state index in [1.165, 1.54) is 0 Å². The first kappa shape index (κ1) is 13.7. The van der Waals surface area contributed by atoms with Gasteiger partial charge in [-0.25, -0.2) is 0 Å². The van der Waals surface area contributed by atoms with Crippen molar-refractivity contribution in [3.63, 3.8) is 0 Å². The Labute approximate surface area is 133 Å². The topological polar surface area (TPSA) is 18.5 Å². The maximum absolute atomic E-state index is 5.51. The smallest absolute Gasteiger partial charge is 0.128 e. The quantitative estimate of drug-likeness (QED) is 0.530. The van der Waals surface area contributed by atoms with Gasteiger partial charge in [0.05, 0.1) is 14.2 Å². The standard InChI is InChI=1S/C16H12Br2O2/c1-19-11-7-8-12(20-2)14-13(11)15(17)9-5-3-4-6-10(9)16(14)18/h3-8H,1-2H3. The number of hydrogen-bond donors (Lipinski definition) is 0. The van der Waals surface area contributed by atoms with Gasteiger partial charge in [0.15, 0.2) is 0 Å². The molecule has 0 unspecified atom stereocenters. The van der Waals surface area contributed by atoms with Gasteiger partial charge < -0.3 is 9.47 Å². The van der Waals surface area contributed by atoms with Crippen molar-refractivity contribution in [2.75, 3.05) is 14.2 Å². The van der Waals surface area contributed by atoms with Gasteiger partial charge in [0.25, 0.3) is 0 Å². The van der Waals surface area contributed by atoms with E-state index in [9.17, 15) is 0 Å². The fraction of sp³-hybridized carbons (Fsp3) is 0.125. The van der Waals surface area contributed by atoms with E-state index in [0.717, 1.165) is 42.0 Å². The molecule has 0 atom stereocenters. The molecule has 0 saturated heterocycles. The highest BCUT2D eigenvalue weighted by Crippen LogP contribution is 2.46. The summed E-state index contributed by atoms with van der Waals surface area (Å²) in [7, 11) is 3.35. The van der Waals surface area contributed by atoms with Gasteiger partial charge in [0.1, 0.15) is 11.5 Å². The van der Waals surface area contributed by atoms with Gasteiger partial charge in [-0.15, -0.1) is 0 Å². The lowest BCUT2D eigenvalue weighted by molar-refractivity contribution is 0.410. The molecule has 0 spiro atoms. The molecule has 0 N–H and O–H groups in total. The average Bonchev–Trinajstić information content (AvgIpc) is 2.51. The van der Waals surface area contributed by atoms with Crippen LogP contribution in [-0.4, -0.2) is 14.2 Å². The Morgan fingerprint density at radius 3 is 1.45 bits per heavy atom. The monoisotopic (exact) mass is 394 g/mol. The molecule has 0 bridgehead atoms. The third-order valence-electron chi connectivity index (χ3n) is 3.41. The minimum Gasteiger partial charge on any atom is -0.496 e. The molecule has 0 aliphatic rings. The molecule has 2 nitrogen and oxygen atoms in total. The number of ether oxygens (including phenoxy) is 2. The van der Waals surface area contributed by atoms with Gasteiger partial charge in [-0.3, -0.25) is 0 Å². The van der Waals surface area contributed by atoms with Gasteiger partial charge in [0.2, 0.25) is 0 Å². The molecule has 0 saturated carbocycles. The van der Waals surface area contributed by atoms with E-state index in [4.69, 9.17) is 9.47 Å². The Balaban J connectivity index is 2.64. The number of hydrogen-bond acceptors (Lipinski definition) is 2. The second-order valence-electron chi connectivity index (χ2n) is 4.39. The first-order valence-corrected chi connectivity index (χ1v) is 7.68. The molecule has 0 aliphatic heterocycles. The van der Waals surface area contributed by atoms with Crippen LogP contribution in [0.4, 0.5) is 0 Å². The molecule has 3 aromatic carbocycles. The van der Waals surface area contributed by atoms with Crippen LogP contribution < -0.4 is 9.47 Å². The Morgan fingerprint density at radius 1 is 0.700 bits per heavy atom. The molecule has 0 amide bonds. The van der Waals surface area contributed by atoms with Gasteiger partial charge in [-0.1, -0.05) is 24.3 Å². The first-order chi connectivity index (χ1) is 9.69. The molecule has 3 rings (SSSR count). The lowest BCUT2D eigenvalue weighted by Crippen LogP contribution is -1.92. The van der Waals surface area contributed by atoms with Crippen molar-refractivity contribution in [2.45, 2.75) is 0 Å². The normalized spacial score (nSPS) is 11.0. The van der Waals surface area contributed by atoms with Crippen molar-refractivity contribution in [3.8, 4) is 11.5 Å². The van der Waals surface area contributed by atoms with E-state index >= 15 is 0 Å². The van der Waals surface area contributed by atoms with Crippen LogP contribution in [0.2, 0.25) is 0 Å². The van der Waals surface area contributed by atoms with Crippen LogP contribution in [0.1, 0.15) is 0 Å². The number of halogens is 2. The van der Waals surface area contributed by atoms with E-state index in [0.29, 0.717) is 0 Å². The molecule has 0 aromatic heterocycles. The summed E-state index contributed by atoms with van der Waals surface area (Å²) in [6.45, 7) is 0. The van der Waals surface area contributed by atoms with Gasteiger partial charge >= 0.3 is 0 Å². The van der Waals surface area contributed by atoms with Crippen molar-refractivity contribution in [2.24, 2.45) is 0 Å². The molecule has 0 radical (unpaired) electrons. The fourth-order valence-electron chi connectivity index (χ4n) is 2.48. The molecule has 102 valence electrons. The SMILES string of the molecule is COc1ccc(OC)c2c(Br)c3ccccc3c(Br)c12. The van der Waals surface area contributed by atoms with Crippen molar-refractivity contribution < 1.29 is 9.47 Å². The highest BCUT2D eigenvalue weighted by Gasteiger charge is 2.17. The molecule has 4 heteroatoms. The third kappa shape index (κ3) is 1.90. The van der Waals surface area contributed by atoms with Gasteiger partial charge in [0, 0.05) is 19.7 Å². The first-order valence-electron chi connectivity index (χ1n) is 6.09. The van der Waals surface area contributed by atoms with Crippen LogP contribution in [-0.2, 0) is 0 Å². The Kier molecular flexibility index (Phi) is 3.61. The van der Waals surface area contributed by atoms with E-state index in [1.54, 1.807) is 14.2 Å². The zero-order chi connectivity index (χ0) is 14.3.